The number of rotatable bonds is 3. The van der Waals surface area contributed by atoms with Crippen LogP contribution in [0.5, 0.6) is 0 Å². The lowest BCUT2D eigenvalue weighted by Crippen LogP contribution is -2.30. The van der Waals surface area contributed by atoms with Gasteiger partial charge in [0.2, 0.25) is 0 Å². The third-order valence-electron chi connectivity index (χ3n) is 4.09. The fraction of sp³-hybridized carbons (Fsp3) is 0.353. The van der Waals surface area contributed by atoms with Crippen LogP contribution in [0.25, 0.3) is 5.69 Å². The molecule has 3 rings (SSSR count). The van der Waals surface area contributed by atoms with E-state index < -0.39 is 5.97 Å². The van der Waals surface area contributed by atoms with Crippen LogP contribution in [0.3, 0.4) is 0 Å². The van der Waals surface area contributed by atoms with Crippen molar-refractivity contribution >= 4 is 19.9 Å². The highest BCUT2D eigenvalue weighted by atomic mass is 31.1. The molecule has 1 aromatic heterocycles. The van der Waals surface area contributed by atoms with Crippen LogP contribution in [-0.4, -0.2) is 40.6 Å². The molecular formula is C17H20N3O2P. The standard InChI is InChI=1S/C17H20N3O2P/c1-23-15-9-12-20(18-16(15)17(21)22)14-8-4-3-7-13(14)19-10-5-2-6-11-19/h3-4,7-9,12H,2,5-6,10-11H2,1H3,(H,21,22). The average Bonchev–Trinajstić information content (AvgIpc) is 2.62. The number of hydrogen-bond acceptors (Lipinski definition) is 3. The number of piperidine rings is 1. The summed E-state index contributed by atoms with van der Waals surface area (Å²) in [4.78, 5) is 14.5. The summed E-state index contributed by atoms with van der Waals surface area (Å²) in [5.41, 5.74) is 2.16. The Bertz CT molecular complexity index is 779. The Morgan fingerprint density at radius 1 is 1.13 bits per heavy atom. The van der Waals surface area contributed by atoms with Crippen molar-refractivity contribution in [3.05, 3.63) is 47.2 Å². The van der Waals surface area contributed by atoms with E-state index in [9.17, 15) is 9.90 Å². The Morgan fingerprint density at radius 3 is 2.48 bits per heavy atom. The third kappa shape index (κ3) is 3.30. The molecule has 1 aromatic carbocycles. The maximum atomic E-state index is 11.5. The first-order valence-corrected chi connectivity index (χ1v) is 9.15. The summed E-state index contributed by atoms with van der Waals surface area (Å²) in [5.74, 6) is -0.987. The second-order valence-electron chi connectivity index (χ2n) is 5.56. The molecular weight excluding hydrogens is 309 g/mol. The van der Waals surface area contributed by atoms with Gasteiger partial charge in [0, 0.05) is 24.2 Å². The summed E-state index contributed by atoms with van der Waals surface area (Å²) in [5, 5.41) is 13.7. The van der Waals surface area contributed by atoms with Crippen molar-refractivity contribution < 1.29 is 9.90 Å². The maximum Gasteiger partial charge on any atom is 0.357 e. The van der Waals surface area contributed by atoms with Gasteiger partial charge in [0.05, 0.1) is 11.4 Å². The molecule has 0 saturated carbocycles. The molecule has 1 fully saturated rings. The van der Waals surface area contributed by atoms with Gasteiger partial charge in [-0.25, -0.2) is 9.48 Å². The number of hydrogen-bond donors (Lipinski definition) is 1. The molecule has 0 spiro atoms. The van der Waals surface area contributed by atoms with Crippen LogP contribution < -0.4 is 4.90 Å². The molecule has 1 saturated heterocycles. The van der Waals surface area contributed by atoms with E-state index in [1.54, 1.807) is 4.68 Å². The fourth-order valence-electron chi connectivity index (χ4n) is 2.94. The van der Waals surface area contributed by atoms with Crippen LogP contribution in [-0.2, 0) is 0 Å². The zero-order valence-electron chi connectivity index (χ0n) is 13.1. The smallest absolute Gasteiger partial charge is 0.357 e. The summed E-state index contributed by atoms with van der Waals surface area (Å²) in [6.45, 7) is 3.99. The monoisotopic (exact) mass is 329 g/mol. The molecule has 1 N–H and O–H groups in total. The highest BCUT2D eigenvalue weighted by Crippen LogP contribution is 2.26. The lowest BCUT2D eigenvalue weighted by molar-refractivity contribution is 0.0687. The van der Waals surface area contributed by atoms with Crippen molar-refractivity contribution in [2.24, 2.45) is 0 Å². The molecule has 6 heteroatoms. The van der Waals surface area contributed by atoms with Gasteiger partial charge in [-0.2, -0.15) is 5.10 Å². The van der Waals surface area contributed by atoms with E-state index in [0.717, 1.165) is 37.6 Å². The summed E-state index contributed by atoms with van der Waals surface area (Å²) in [7, 11) is 0.902. The third-order valence-corrected chi connectivity index (χ3v) is 4.94. The van der Waals surface area contributed by atoms with Crippen LogP contribution in [0.2, 0.25) is 0 Å². The number of anilines is 1. The Labute approximate surface area is 137 Å². The number of carboxylic acids is 1. The normalized spacial score (nSPS) is 15.7. The van der Waals surface area contributed by atoms with E-state index in [4.69, 9.17) is 0 Å². The Morgan fingerprint density at radius 2 is 1.83 bits per heavy atom. The van der Waals surface area contributed by atoms with Crippen LogP contribution in [0.4, 0.5) is 5.69 Å². The highest BCUT2D eigenvalue weighted by Gasteiger charge is 2.16. The molecule has 0 aliphatic carbocycles. The van der Waals surface area contributed by atoms with Gasteiger partial charge in [0.1, 0.15) is 0 Å². The van der Waals surface area contributed by atoms with Crippen molar-refractivity contribution in [1.29, 1.82) is 0 Å². The number of aromatic carboxylic acids is 1. The zero-order valence-corrected chi connectivity index (χ0v) is 14.0. The first kappa shape index (κ1) is 15.8. The van der Waals surface area contributed by atoms with Crippen molar-refractivity contribution in [1.82, 2.24) is 9.78 Å². The minimum Gasteiger partial charge on any atom is -0.476 e. The van der Waals surface area contributed by atoms with Crippen molar-refractivity contribution in [2.45, 2.75) is 19.3 Å². The van der Waals surface area contributed by atoms with E-state index in [1.165, 1.54) is 19.3 Å². The van der Waals surface area contributed by atoms with Crippen LogP contribution in [0.1, 0.15) is 29.8 Å². The molecule has 120 valence electrons. The van der Waals surface area contributed by atoms with Crippen LogP contribution in [0, 0.1) is 4.94 Å². The van der Waals surface area contributed by atoms with Gasteiger partial charge in [0.25, 0.3) is 0 Å². The summed E-state index contributed by atoms with van der Waals surface area (Å²) >= 11 is 0. The molecule has 0 bridgehead atoms. The lowest BCUT2D eigenvalue weighted by atomic mass is 10.1. The van der Waals surface area contributed by atoms with Gasteiger partial charge in [-0.15, -0.1) is 0 Å². The molecule has 5 nitrogen and oxygen atoms in total. The first-order valence-electron chi connectivity index (χ1n) is 7.81. The largest absolute Gasteiger partial charge is 0.476 e. The fourth-order valence-corrected chi connectivity index (χ4v) is 3.51. The second-order valence-corrected chi connectivity index (χ2v) is 6.49. The minimum atomic E-state index is -0.987. The Balaban J connectivity index is 2.09. The van der Waals surface area contributed by atoms with Gasteiger partial charge in [0.15, 0.2) is 5.69 Å². The molecule has 0 radical (unpaired) electrons. The van der Waals surface area contributed by atoms with E-state index in [-0.39, 0.29) is 5.69 Å². The number of nitrogens with zero attached hydrogens (tertiary/aromatic N) is 3. The topological polar surface area (TPSA) is 58.4 Å². The van der Waals surface area contributed by atoms with Crippen molar-refractivity contribution in [3.8, 4) is 5.69 Å². The number of aromatic nitrogens is 2. The maximum absolute atomic E-state index is 11.5. The van der Waals surface area contributed by atoms with E-state index in [0.29, 0.717) is 0 Å². The molecule has 23 heavy (non-hydrogen) atoms. The van der Waals surface area contributed by atoms with Gasteiger partial charge in [-0.3, -0.25) is 0 Å². The molecule has 2 heterocycles. The van der Waals surface area contributed by atoms with Gasteiger partial charge < -0.3 is 10.0 Å². The number of carboxylic acid groups (broad SMARTS) is 1. The first-order chi connectivity index (χ1) is 11.2. The van der Waals surface area contributed by atoms with Gasteiger partial charge >= 0.3 is 5.97 Å². The van der Waals surface area contributed by atoms with Crippen molar-refractivity contribution in [3.63, 3.8) is 0 Å². The summed E-state index contributed by atoms with van der Waals surface area (Å²) in [6.07, 6.45) is 5.51. The molecule has 0 atom stereocenters. The summed E-state index contributed by atoms with van der Waals surface area (Å²) in [6, 6.07) is 9.90. The number of benzene rings is 1. The predicted octanol–water partition coefficient (Wildman–Crippen LogP) is 3.67. The zero-order chi connectivity index (χ0) is 16.2. The SMILES string of the molecule is CP=c1ccn(-c2ccccc2N2CCCCC2)nc1C(=O)O. The van der Waals surface area contributed by atoms with Crippen molar-refractivity contribution in [2.75, 3.05) is 24.7 Å². The van der Waals surface area contributed by atoms with Crippen LogP contribution in [0.15, 0.2) is 36.5 Å². The highest BCUT2D eigenvalue weighted by molar-refractivity contribution is 7.28. The Hall–Kier alpha value is -2.13. The average molecular weight is 329 g/mol. The van der Waals surface area contributed by atoms with Crippen LogP contribution >= 0.6 is 8.20 Å². The molecule has 1 aliphatic rings. The molecule has 2 aromatic rings. The molecule has 0 unspecified atom stereocenters. The molecule has 1 aliphatic heterocycles. The predicted molar refractivity (Wildman–Crippen MR) is 92.7 cm³/mol. The van der Waals surface area contributed by atoms with E-state index >= 15 is 0 Å². The number of para-hydroxylation sites is 2. The second kappa shape index (κ2) is 6.97. The van der Waals surface area contributed by atoms with E-state index in [1.807, 2.05) is 37.1 Å². The lowest BCUT2D eigenvalue weighted by Gasteiger charge is -2.30. The minimum absolute atomic E-state index is 0.116. The molecule has 0 amide bonds. The Kier molecular flexibility index (Phi) is 4.77. The number of carbonyl (C=O) groups is 1. The summed E-state index contributed by atoms with van der Waals surface area (Å²) < 4.78 is 1.68. The van der Waals surface area contributed by atoms with Gasteiger partial charge in [-0.05, 0) is 44.1 Å². The van der Waals surface area contributed by atoms with Gasteiger partial charge in [-0.1, -0.05) is 20.3 Å². The quantitative estimate of drug-likeness (QED) is 0.873. The van der Waals surface area contributed by atoms with E-state index in [2.05, 4.69) is 16.1 Å².